The third-order valence-corrected chi connectivity index (χ3v) is 4.11. The number of ketones is 1. The van der Waals surface area contributed by atoms with E-state index in [4.69, 9.17) is 0 Å². The molecular formula is C16H31N3O3S. The van der Waals surface area contributed by atoms with Crippen molar-refractivity contribution in [2.75, 3.05) is 33.4 Å². The molecule has 0 fully saturated rings. The van der Waals surface area contributed by atoms with Crippen LogP contribution in [0, 0.1) is 0 Å². The van der Waals surface area contributed by atoms with Gasteiger partial charge in [0.2, 0.25) is 11.8 Å². The molecule has 0 heterocycles. The zero-order valence-electron chi connectivity index (χ0n) is 14.6. The van der Waals surface area contributed by atoms with Gasteiger partial charge in [0.25, 0.3) is 0 Å². The molecule has 2 amide bonds. The molecule has 0 spiro atoms. The van der Waals surface area contributed by atoms with E-state index in [1.165, 1.54) is 11.9 Å². The topological polar surface area (TPSA) is 78.5 Å². The van der Waals surface area contributed by atoms with Crippen LogP contribution in [0.3, 0.4) is 0 Å². The molecule has 6 nitrogen and oxygen atoms in total. The largest absolute Gasteiger partial charge is 0.359 e. The summed E-state index contributed by atoms with van der Waals surface area (Å²) < 4.78 is 0. The zero-order valence-corrected chi connectivity index (χ0v) is 15.5. The van der Waals surface area contributed by atoms with Crippen LogP contribution in [0.4, 0.5) is 0 Å². The fourth-order valence-electron chi connectivity index (χ4n) is 2.27. The maximum atomic E-state index is 12.4. The van der Waals surface area contributed by atoms with Crippen molar-refractivity contribution in [3.05, 3.63) is 0 Å². The molecule has 0 saturated heterocycles. The van der Waals surface area contributed by atoms with Crippen molar-refractivity contribution >= 4 is 30.2 Å². The van der Waals surface area contributed by atoms with Gasteiger partial charge in [-0.05, 0) is 38.6 Å². The summed E-state index contributed by atoms with van der Waals surface area (Å²) in [5.74, 6) is 0.439. The van der Waals surface area contributed by atoms with Gasteiger partial charge in [0, 0.05) is 26.9 Å². The zero-order chi connectivity index (χ0) is 17.7. The Labute approximate surface area is 145 Å². The highest BCUT2D eigenvalue weighted by atomic mass is 32.1. The number of Topliss-reactive ketones (excluding diaryl/α,β-unsaturated/α-hetero) is 1. The van der Waals surface area contributed by atoms with Crippen LogP contribution < -0.4 is 10.6 Å². The average molecular weight is 346 g/mol. The smallest absolute Gasteiger partial charge is 0.222 e. The van der Waals surface area contributed by atoms with Crippen molar-refractivity contribution in [2.45, 2.75) is 51.0 Å². The van der Waals surface area contributed by atoms with E-state index in [0.717, 1.165) is 31.6 Å². The molecule has 0 bridgehead atoms. The minimum absolute atomic E-state index is 0.0216. The van der Waals surface area contributed by atoms with Gasteiger partial charge in [0.1, 0.15) is 0 Å². The molecule has 0 aliphatic heterocycles. The Morgan fingerprint density at radius 1 is 1.04 bits per heavy atom. The summed E-state index contributed by atoms with van der Waals surface area (Å²) in [6.45, 7) is 0.736. The Kier molecular flexibility index (Phi) is 12.7. The number of thiol groups is 1. The van der Waals surface area contributed by atoms with E-state index in [2.05, 4.69) is 23.3 Å². The van der Waals surface area contributed by atoms with E-state index in [9.17, 15) is 14.4 Å². The second kappa shape index (κ2) is 13.4. The molecule has 0 saturated carbocycles. The van der Waals surface area contributed by atoms with Crippen molar-refractivity contribution in [3.8, 4) is 0 Å². The number of unbranched alkanes of at least 4 members (excludes halogenated alkanes) is 2. The highest BCUT2D eigenvalue weighted by Crippen LogP contribution is 2.12. The lowest BCUT2D eigenvalue weighted by Crippen LogP contribution is -2.45. The van der Waals surface area contributed by atoms with Crippen LogP contribution in [-0.4, -0.2) is 62.0 Å². The Balaban J connectivity index is 4.65. The molecule has 0 unspecified atom stereocenters. The maximum absolute atomic E-state index is 12.4. The lowest BCUT2D eigenvalue weighted by Gasteiger charge is -2.27. The first-order valence-electron chi connectivity index (χ1n) is 8.22. The monoisotopic (exact) mass is 345 g/mol. The highest BCUT2D eigenvalue weighted by Gasteiger charge is 2.28. The van der Waals surface area contributed by atoms with E-state index >= 15 is 0 Å². The highest BCUT2D eigenvalue weighted by molar-refractivity contribution is 7.80. The van der Waals surface area contributed by atoms with Crippen LogP contribution in [0.25, 0.3) is 0 Å². The third-order valence-electron chi connectivity index (χ3n) is 3.79. The SMILES string of the molecule is CNCCCC(=O)[C@H](CC(=O)NC)N(C)C(=O)CCCCCS. The second-order valence-electron chi connectivity index (χ2n) is 5.61. The summed E-state index contributed by atoms with van der Waals surface area (Å²) in [5.41, 5.74) is 0. The minimum Gasteiger partial charge on any atom is -0.359 e. The molecule has 1 atom stereocenters. The number of hydrogen-bond acceptors (Lipinski definition) is 5. The van der Waals surface area contributed by atoms with Crippen LogP contribution in [0.15, 0.2) is 0 Å². The van der Waals surface area contributed by atoms with Crippen LogP contribution in [-0.2, 0) is 14.4 Å². The molecule has 0 aromatic rings. The number of hydrogen-bond donors (Lipinski definition) is 3. The number of carbonyl (C=O) groups is 3. The van der Waals surface area contributed by atoms with Crippen molar-refractivity contribution < 1.29 is 14.4 Å². The molecule has 0 radical (unpaired) electrons. The fraction of sp³-hybridized carbons (Fsp3) is 0.812. The van der Waals surface area contributed by atoms with Gasteiger partial charge in [0.15, 0.2) is 5.78 Å². The molecule has 0 aromatic carbocycles. The molecule has 134 valence electrons. The van der Waals surface area contributed by atoms with Crippen molar-refractivity contribution in [1.29, 1.82) is 0 Å². The van der Waals surface area contributed by atoms with Gasteiger partial charge in [0.05, 0.1) is 12.5 Å². The second-order valence-corrected chi connectivity index (χ2v) is 6.05. The van der Waals surface area contributed by atoms with Crippen LogP contribution in [0.2, 0.25) is 0 Å². The molecule has 0 rings (SSSR count). The summed E-state index contributed by atoms with van der Waals surface area (Å²) in [5, 5.41) is 5.51. The Morgan fingerprint density at radius 3 is 2.30 bits per heavy atom. The summed E-state index contributed by atoms with van der Waals surface area (Å²) in [6, 6.07) is -0.677. The van der Waals surface area contributed by atoms with E-state index in [1.54, 1.807) is 7.05 Å². The number of amides is 2. The van der Waals surface area contributed by atoms with Gasteiger partial charge in [-0.25, -0.2) is 0 Å². The Hall–Kier alpha value is -1.08. The lowest BCUT2D eigenvalue weighted by atomic mass is 10.0. The molecular weight excluding hydrogens is 314 g/mol. The summed E-state index contributed by atoms with van der Waals surface area (Å²) >= 11 is 4.14. The van der Waals surface area contributed by atoms with E-state index < -0.39 is 6.04 Å². The van der Waals surface area contributed by atoms with Crippen LogP contribution >= 0.6 is 12.6 Å². The van der Waals surface area contributed by atoms with Gasteiger partial charge in [-0.2, -0.15) is 12.6 Å². The van der Waals surface area contributed by atoms with Gasteiger partial charge in [-0.15, -0.1) is 0 Å². The number of carbonyl (C=O) groups excluding carboxylic acids is 3. The van der Waals surface area contributed by atoms with Crippen molar-refractivity contribution in [2.24, 2.45) is 0 Å². The molecule has 0 aliphatic rings. The van der Waals surface area contributed by atoms with Crippen LogP contribution in [0.5, 0.6) is 0 Å². The molecule has 0 aliphatic carbocycles. The molecule has 2 N–H and O–H groups in total. The minimum atomic E-state index is -0.677. The van der Waals surface area contributed by atoms with Crippen molar-refractivity contribution in [1.82, 2.24) is 15.5 Å². The first-order valence-corrected chi connectivity index (χ1v) is 8.85. The standard InChI is InChI=1S/C16H31N3O3S/c1-17-10-7-8-14(20)13(12-15(21)18-2)19(3)16(22)9-5-4-6-11-23/h13,17,23H,4-12H2,1-3H3,(H,18,21)/t13-/m0/s1. The quantitative estimate of drug-likeness (QED) is 0.344. The number of nitrogens with zero attached hydrogens (tertiary/aromatic N) is 1. The first-order chi connectivity index (χ1) is 11.0. The summed E-state index contributed by atoms with van der Waals surface area (Å²) in [6.07, 6.45) is 4.18. The van der Waals surface area contributed by atoms with Gasteiger partial charge in [-0.1, -0.05) is 6.42 Å². The predicted octanol–water partition coefficient (Wildman–Crippen LogP) is 1.01. The summed E-state index contributed by atoms with van der Waals surface area (Å²) in [4.78, 5) is 37.7. The van der Waals surface area contributed by atoms with E-state index in [1.807, 2.05) is 7.05 Å². The van der Waals surface area contributed by atoms with E-state index in [-0.39, 0.29) is 24.0 Å². The van der Waals surface area contributed by atoms with Gasteiger partial charge >= 0.3 is 0 Å². The number of rotatable bonds is 13. The third kappa shape index (κ3) is 9.61. The predicted molar refractivity (Wildman–Crippen MR) is 95.7 cm³/mol. The molecule has 23 heavy (non-hydrogen) atoms. The number of nitrogens with one attached hydrogen (secondary N) is 2. The fourth-order valence-corrected chi connectivity index (χ4v) is 2.49. The van der Waals surface area contributed by atoms with Crippen LogP contribution in [0.1, 0.15) is 44.9 Å². The summed E-state index contributed by atoms with van der Waals surface area (Å²) in [7, 11) is 4.97. The van der Waals surface area contributed by atoms with Gasteiger partial charge in [-0.3, -0.25) is 14.4 Å². The van der Waals surface area contributed by atoms with E-state index in [0.29, 0.717) is 19.3 Å². The average Bonchev–Trinajstić information content (AvgIpc) is 2.55. The van der Waals surface area contributed by atoms with Crippen molar-refractivity contribution in [3.63, 3.8) is 0 Å². The molecule has 7 heteroatoms. The normalized spacial score (nSPS) is 11.8. The lowest BCUT2D eigenvalue weighted by molar-refractivity contribution is -0.140. The number of likely N-dealkylation sites (N-methyl/N-ethyl adjacent to an activating group) is 1. The Bertz CT molecular complexity index is 378. The Morgan fingerprint density at radius 2 is 1.74 bits per heavy atom. The first kappa shape index (κ1) is 21.9. The maximum Gasteiger partial charge on any atom is 0.222 e. The molecule has 0 aromatic heterocycles. The van der Waals surface area contributed by atoms with Gasteiger partial charge < -0.3 is 15.5 Å².